The maximum atomic E-state index is 12.6. The Labute approximate surface area is 123 Å². The van der Waals surface area contributed by atoms with Gasteiger partial charge in [0.25, 0.3) is 5.56 Å². The van der Waals surface area contributed by atoms with Crippen LogP contribution in [0.2, 0.25) is 0 Å². The van der Waals surface area contributed by atoms with E-state index in [0.29, 0.717) is 21.3 Å². The first-order valence-electron chi connectivity index (χ1n) is 6.46. The van der Waals surface area contributed by atoms with Gasteiger partial charge in [-0.3, -0.25) is 14.2 Å². The van der Waals surface area contributed by atoms with Gasteiger partial charge in [0, 0.05) is 6.04 Å². The number of carboxylic acids is 1. The van der Waals surface area contributed by atoms with E-state index in [0.717, 1.165) is 24.6 Å². The van der Waals surface area contributed by atoms with Crippen molar-refractivity contribution in [1.82, 2.24) is 9.55 Å². The summed E-state index contributed by atoms with van der Waals surface area (Å²) in [6, 6.07) is 1.97. The van der Waals surface area contributed by atoms with Crippen LogP contribution in [0.5, 0.6) is 0 Å². The Hall–Kier alpha value is -1.34. The van der Waals surface area contributed by atoms with Gasteiger partial charge in [-0.1, -0.05) is 25.1 Å². The number of aromatic nitrogens is 2. The molecule has 2 aromatic heterocycles. The zero-order valence-corrected chi connectivity index (χ0v) is 12.5. The number of carbonyl (C=O) groups is 1. The lowest BCUT2D eigenvalue weighted by atomic mass is 10.3. The van der Waals surface area contributed by atoms with Crippen molar-refractivity contribution in [3.05, 3.63) is 21.8 Å². The molecule has 20 heavy (non-hydrogen) atoms. The van der Waals surface area contributed by atoms with Crippen LogP contribution in [0.1, 0.15) is 25.8 Å². The number of hydrogen-bond donors (Lipinski definition) is 1. The molecule has 0 aromatic carbocycles. The van der Waals surface area contributed by atoms with E-state index in [9.17, 15) is 9.59 Å². The van der Waals surface area contributed by atoms with Gasteiger partial charge in [-0.2, -0.15) is 0 Å². The van der Waals surface area contributed by atoms with Crippen LogP contribution in [0.25, 0.3) is 10.2 Å². The number of thioether (sulfide) groups is 1. The minimum Gasteiger partial charge on any atom is -0.481 e. The van der Waals surface area contributed by atoms with Crippen molar-refractivity contribution in [3.8, 4) is 0 Å². The van der Waals surface area contributed by atoms with Crippen molar-refractivity contribution in [1.29, 1.82) is 0 Å². The predicted octanol–water partition coefficient (Wildman–Crippen LogP) is 2.61. The standard InChI is InChI=1S/C13H14N2O3S2/c1-2-7-5-9(7)15-12(18)8-3-4-19-11(8)14-13(15)20-6-10(16)17/h3-4,7,9H,2,5-6H2,1H3,(H,16,17). The van der Waals surface area contributed by atoms with Crippen LogP contribution in [0.3, 0.4) is 0 Å². The van der Waals surface area contributed by atoms with Crippen LogP contribution in [0.15, 0.2) is 21.4 Å². The topological polar surface area (TPSA) is 72.2 Å². The summed E-state index contributed by atoms with van der Waals surface area (Å²) in [5.74, 6) is -0.466. The highest BCUT2D eigenvalue weighted by atomic mass is 32.2. The van der Waals surface area contributed by atoms with E-state index in [2.05, 4.69) is 11.9 Å². The number of fused-ring (bicyclic) bond motifs is 1. The van der Waals surface area contributed by atoms with Crippen molar-refractivity contribution in [2.75, 3.05) is 5.75 Å². The van der Waals surface area contributed by atoms with E-state index in [1.807, 2.05) is 5.38 Å². The van der Waals surface area contributed by atoms with E-state index in [4.69, 9.17) is 5.11 Å². The molecule has 0 amide bonds. The van der Waals surface area contributed by atoms with Crippen LogP contribution in [0.4, 0.5) is 0 Å². The second kappa shape index (κ2) is 5.21. The van der Waals surface area contributed by atoms with E-state index in [1.54, 1.807) is 10.6 Å². The summed E-state index contributed by atoms with van der Waals surface area (Å²) in [5, 5.41) is 11.8. The molecule has 1 N–H and O–H groups in total. The fourth-order valence-electron chi connectivity index (χ4n) is 2.42. The number of rotatable bonds is 5. The van der Waals surface area contributed by atoms with Crippen molar-refractivity contribution < 1.29 is 9.90 Å². The average molecular weight is 310 g/mol. The van der Waals surface area contributed by atoms with Gasteiger partial charge >= 0.3 is 5.97 Å². The van der Waals surface area contributed by atoms with Gasteiger partial charge in [0.1, 0.15) is 4.83 Å². The third-order valence-electron chi connectivity index (χ3n) is 3.56. The quantitative estimate of drug-likeness (QED) is 0.679. The summed E-state index contributed by atoms with van der Waals surface area (Å²) in [5.41, 5.74) is -0.0370. The van der Waals surface area contributed by atoms with Crippen molar-refractivity contribution in [3.63, 3.8) is 0 Å². The molecule has 0 bridgehead atoms. The fraction of sp³-hybridized carbons (Fsp3) is 0.462. The molecule has 0 radical (unpaired) electrons. The normalized spacial score (nSPS) is 21.2. The Morgan fingerprint density at radius 2 is 2.45 bits per heavy atom. The molecule has 0 aliphatic heterocycles. The van der Waals surface area contributed by atoms with Crippen LogP contribution >= 0.6 is 23.1 Å². The molecule has 0 spiro atoms. The first-order valence-corrected chi connectivity index (χ1v) is 8.32. The lowest BCUT2D eigenvalue weighted by Gasteiger charge is -2.10. The number of carboxylic acid groups (broad SMARTS) is 1. The first-order chi connectivity index (χ1) is 9.61. The average Bonchev–Trinajstić information content (AvgIpc) is 3.03. The van der Waals surface area contributed by atoms with Gasteiger partial charge in [-0.05, 0) is 23.8 Å². The Bertz CT molecular complexity index is 722. The summed E-state index contributed by atoms with van der Waals surface area (Å²) in [7, 11) is 0. The van der Waals surface area contributed by atoms with E-state index >= 15 is 0 Å². The second-order valence-electron chi connectivity index (χ2n) is 4.86. The molecule has 1 aliphatic carbocycles. The van der Waals surface area contributed by atoms with Crippen molar-refractivity contribution in [2.45, 2.75) is 31.0 Å². The number of thiophene rings is 1. The summed E-state index contributed by atoms with van der Waals surface area (Å²) in [6.07, 6.45) is 2.01. The zero-order chi connectivity index (χ0) is 14.3. The van der Waals surface area contributed by atoms with Gasteiger partial charge < -0.3 is 5.11 Å². The molecule has 1 fully saturated rings. The monoisotopic (exact) mass is 310 g/mol. The summed E-state index contributed by atoms with van der Waals surface area (Å²) in [6.45, 7) is 2.11. The Morgan fingerprint density at radius 3 is 3.10 bits per heavy atom. The Balaban J connectivity index is 2.07. The molecule has 2 heterocycles. The third-order valence-corrected chi connectivity index (χ3v) is 5.31. The summed E-state index contributed by atoms with van der Waals surface area (Å²) in [4.78, 5) is 28.5. The van der Waals surface area contributed by atoms with E-state index in [1.165, 1.54) is 11.3 Å². The molecule has 1 saturated carbocycles. The number of nitrogens with zero attached hydrogens (tertiary/aromatic N) is 2. The first kappa shape index (κ1) is 13.6. The van der Waals surface area contributed by atoms with Gasteiger partial charge in [0.05, 0.1) is 11.1 Å². The zero-order valence-electron chi connectivity index (χ0n) is 10.9. The molecule has 3 rings (SSSR count). The molecule has 7 heteroatoms. The smallest absolute Gasteiger partial charge is 0.313 e. The molecule has 106 valence electrons. The SMILES string of the molecule is CCC1CC1n1c(SCC(=O)O)nc2sccc2c1=O. The van der Waals surface area contributed by atoms with Crippen LogP contribution in [0, 0.1) is 5.92 Å². The minimum atomic E-state index is -0.898. The van der Waals surface area contributed by atoms with Gasteiger partial charge in [-0.15, -0.1) is 11.3 Å². The highest BCUT2D eigenvalue weighted by Crippen LogP contribution is 2.46. The molecule has 1 aliphatic rings. The Kier molecular flexibility index (Phi) is 3.55. The Morgan fingerprint density at radius 1 is 1.65 bits per heavy atom. The summed E-state index contributed by atoms with van der Waals surface area (Å²) < 4.78 is 1.71. The highest BCUT2D eigenvalue weighted by Gasteiger charge is 2.39. The molecule has 2 unspecified atom stereocenters. The number of aliphatic carboxylic acids is 1. The largest absolute Gasteiger partial charge is 0.481 e. The van der Waals surface area contributed by atoms with E-state index in [-0.39, 0.29) is 17.4 Å². The maximum Gasteiger partial charge on any atom is 0.313 e. The van der Waals surface area contributed by atoms with Gasteiger partial charge in [-0.25, -0.2) is 4.98 Å². The minimum absolute atomic E-state index is 0.0370. The van der Waals surface area contributed by atoms with Crippen LogP contribution < -0.4 is 5.56 Å². The van der Waals surface area contributed by atoms with Crippen LogP contribution in [-0.2, 0) is 4.79 Å². The highest BCUT2D eigenvalue weighted by molar-refractivity contribution is 7.99. The molecule has 2 atom stereocenters. The lowest BCUT2D eigenvalue weighted by Crippen LogP contribution is -2.23. The molecule has 2 aromatic rings. The fourth-order valence-corrected chi connectivity index (χ4v) is 3.99. The second-order valence-corrected chi connectivity index (χ2v) is 6.70. The molecular formula is C13H14N2O3S2. The maximum absolute atomic E-state index is 12.6. The third kappa shape index (κ3) is 2.35. The molecule has 5 nitrogen and oxygen atoms in total. The molecular weight excluding hydrogens is 296 g/mol. The summed E-state index contributed by atoms with van der Waals surface area (Å²) >= 11 is 2.54. The van der Waals surface area contributed by atoms with Gasteiger partial charge in [0.15, 0.2) is 5.16 Å². The molecule has 0 saturated heterocycles. The van der Waals surface area contributed by atoms with Crippen LogP contribution in [-0.4, -0.2) is 26.4 Å². The van der Waals surface area contributed by atoms with E-state index < -0.39 is 5.97 Å². The number of hydrogen-bond acceptors (Lipinski definition) is 5. The van der Waals surface area contributed by atoms with Crippen molar-refractivity contribution in [2.24, 2.45) is 5.92 Å². The van der Waals surface area contributed by atoms with Gasteiger partial charge in [0.2, 0.25) is 0 Å². The predicted molar refractivity (Wildman–Crippen MR) is 79.7 cm³/mol. The lowest BCUT2D eigenvalue weighted by molar-refractivity contribution is -0.133. The van der Waals surface area contributed by atoms with Crippen molar-refractivity contribution >= 4 is 39.3 Å².